The molecular weight excluding hydrogens is 380 g/mol. The van der Waals surface area contributed by atoms with Gasteiger partial charge in [0.25, 0.3) is 11.6 Å². The zero-order valence-corrected chi connectivity index (χ0v) is 16.4. The summed E-state index contributed by atoms with van der Waals surface area (Å²) in [5.74, 6) is -0.820. The first-order valence-corrected chi connectivity index (χ1v) is 9.63. The molecule has 1 saturated carbocycles. The summed E-state index contributed by atoms with van der Waals surface area (Å²) in [5.41, 5.74) is -1.32. The Labute approximate surface area is 167 Å². The largest absolute Gasteiger partial charge is 0.494 e. The van der Waals surface area contributed by atoms with Crippen LogP contribution in [0.1, 0.15) is 39.5 Å². The van der Waals surface area contributed by atoms with Crippen molar-refractivity contribution in [2.45, 2.75) is 45.1 Å². The number of nitrogens with one attached hydrogen (secondary N) is 2. The molecule has 10 nitrogen and oxygen atoms in total. The second-order valence-corrected chi connectivity index (χ2v) is 7.36. The fraction of sp³-hybridized carbons (Fsp3) is 0.526. The Bertz CT molecular complexity index is 857. The Kier molecular flexibility index (Phi) is 5.71. The summed E-state index contributed by atoms with van der Waals surface area (Å²) in [7, 11) is 0. The Morgan fingerprint density at radius 3 is 2.83 bits per heavy atom. The van der Waals surface area contributed by atoms with Gasteiger partial charge in [-0.3, -0.25) is 24.6 Å². The van der Waals surface area contributed by atoms with Crippen molar-refractivity contribution in [3.63, 3.8) is 0 Å². The molecule has 2 atom stereocenters. The lowest BCUT2D eigenvalue weighted by Gasteiger charge is -2.36. The van der Waals surface area contributed by atoms with Crippen LogP contribution < -0.4 is 15.4 Å². The van der Waals surface area contributed by atoms with Crippen LogP contribution in [-0.4, -0.2) is 46.4 Å². The highest BCUT2D eigenvalue weighted by atomic mass is 16.6. The monoisotopic (exact) mass is 404 g/mol. The highest BCUT2D eigenvalue weighted by molar-refractivity contribution is 6.10. The predicted octanol–water partition coefficient (Wildman–Crippen LogP) is 2.43. The molecule has 1 aromatic carbocycles. The Hall–Kier alpha value is -3.17. The normalized spacial score (nSPS) is 23.8. The van der Waals surface area contributed by atoms with E-state index in [2.05, 4.69) is 10.6 Å². The first-order chi connectivity index (χ1) is 13.8. The van der Waals surface area contributed by atoms with Crippen LogP contribution in [0.3, 0.4) is 0 Å². The number of carbonyl (C=O) groups is 3. The SMILES string of the molecule is CCOc1ccc(NC(=O)CN2C(=O)N[C@@]3(CCCC[C@H]3C)C2=O)c([N+](=O)[O-])c1. The van der Waals surface area contributed by atoms with E-state index in [1.807, 2.05) is 6.92 Å². The molecule has 1 heterocycles. The van der Waals surface area contributed by atoms with Gasteiger partial charge >= 0.3 is 6.03 Å². The van der Waals surface area contributed by atoms with E-state index in [0.717, 1.165) is 24.2 Å². The number of hydrogen-bond donors (Lipinski definition) is 2. The van der Waals surface area contributed by atoms with E-state index in [-0.39, 0.29) is 17.3 Å². The first-order valence-electron chi connectivity index (χ1n) is 9.63. The lowest BCUT2D eigenvalue weighted by atomic mass is 9.73. The predicted molar refractivity (Wildman–Crippen MR) is 104 cm³/mol. The molecule has 0 unspecified atom stereocenters. The van der Waals surface area contributed by atoms with Gasteiger partial charge in [-0.2, -0.15) is 0 Å². The van der Waals surface area contributed by atoms with Crippen LogP contribution >= 0.6 is 0 Å². The molecule has 2 fully saturated rings. The summed E-state index contributed by atoms with van der Waals surface area (Å²) in [6.07, 6.45) is 3.19. The summed E-state index contributed by atoms with van der Waals surface area (Å²) in [4.78, 5) is 49.3. The van der Waals surface area contributed by atoms with Gasteiger partial charge in [-0.25, -0.2) is 4.79 Å². The second-order valence-electron chi connectivity index (χ2n) is 7.36. The van der Waals surface area contributed by atoms with E-state index in [0.29, 0.717) is 18.8 Å². The minimum absolute atomic E-state index is 0.0204. The van der Waals surface area contributed by atoms with Crippen LogP contribution in [0.5, 0.6) is 5.75 Å². The number of anilines is 1. The highest BCUT2D eigenvalue weighted by Gasteiger charge is 2.55. The summed E-state index contributed by atoms with van der Waals surface area (Å²) in [6, 6.07) is 3.46. The molecular formula is C19H24N4O6. The number of ether oxygens (including phenoxy) is 1. The standard InChI is InChI=1S/C19H24N4O6/c1-3-29-13-7-8-14(15(10-13)23(27)28)20-16(24)11-22-17(25)19(21-18(22)26)9-5-4-6-12(19)2/h7-8,10,12H,3-6,9,11H2,1-2H3,(H,20,24)(H,21,26)/t12-,19-/m1/s1. The third-order valence-corrected chi connectivity index (χ3v) is 5.55. The minimum Gasteiger partial charge on any atom is -0.494 e. The van der Waals surface area contributed by atoms with Crippen molar-refractivity contribution in [3.8, 4) is 5.75 Å². The molecule has 1 aromatic rings. The first kappa shape index (κ1) is 20.6. The molecule has 10 heteroatoms. The van der Waals surface area contributed by atoms with E-state index in [1.54, 1.807) is 6.92 Å². The summed E-state index contributed by atoms with van der Waals surface area (Å²) in [5, 5.41) is 16.5. The van der Waals surface area contributed by atoms with Crippen LogP contribution in [0.25, 0.3) is 0 Å². The molecule has 4 amide bonds. The number of amides is 4. The third-order valence-electron chi connectivity index (χ3n) is 5.55. The molecule has 1 aliphatic carbocycles. The average molecular weight is 404 g/mol. The number of nitro groups is 1. The van der Waals surface area contributed by atoms with Gasteiger partial charge in [-0.1, -0.05) is 19.8 Å². The maximum atomic E-state index is 12.9. The molecule has 0 aromatic heterocycles. The van der Waals surface area contributed by atoms with Crippen LogP contribution in [0.15, 0.2) is 18.2 Å². The van der Waals surface area contributed by atoms with Crippen molar-refractivity contribution < 1.29 is 24.0 Å². The molecule has 1 saturated heterocycles. The van der Waals surface area contributed by atoms with Gasteiger partial charge in [0.05, 0.1) is 17.6 Å². The summed E-state index contributed by atoms with van der Waals surface area (Å²) < 4.78 is 5.24. The van der Waals surface area contributed by atoms with Crippen molar-refractivity contribution >= 4 is 29.2 Å². The lowest BCUT2D eigenvalue weighted by Crippen LogP contribution is -2.54. The van der Waals surface area contributed by atoms with Gasteiger partial charge in [0.2, 0.25) is 5.91 Å². The zero-order chi connectivity index (χ0) is 21.2. The maximum absolute atomic E-state index is 12.9. The van der Waals surface area contributed by atoms with Crippen molar-refractivity contribution in [2.24, 2.45) is 5.92 Å². The molecule has 1 spiro atoms. The van der Waals surface area contributed by atoms with Gasteiger partial charge in [0.1, 0.15) is 23.5 Å². The third kappa shape index (κ3) is 3.87. The molecule has 2 N–H and O–H groups in total. The van der Waals surface area contributed by atoms with E-state index < -0.39 is 34.9 Å². The number of nitro benzene ring substituents is 1. The van der Waals surface area contributed by atoms with Crippen LogP contribution in [0.2, 0.25) is 0 Å². The molecule has 29 heavy (non-hydrogen) atoms. The van der Waals surface area contributed by atoms with Crippen LogP contribution in [0, 0.1) is 16.0 Å². The number of carbonyl (C=O) groups excluding carboxylic acids is 3. The van der Waals surface area contributed by atoms with E-state index >= 15 is 0 Å². The number of benzene rings is 1. The van der Waals surface area contributed by atoms with Gasteiger partial charge in [0, 0.05) is 0 Å². The van der Waals surface area contributed by atoms with Crippen molar-refractivity contribution in [1.82, 2.24) is 10.2 Å². The second kappa shape index (κ2) is 8.06. The molecule has 0 radical (unpaired) electrons. The fourth-order valence-electron chi connectivity index (χ4n) is 4.00. The zero-order valence-electron chi connectivity index (χ0n) is 16.4. The fourth-order valence-corrected chi connectivity index (χ4v) is 4.00. The number of rotatable bonds is 6. The molecule has 1 aliphatic heterocycles. The average Bonchev–Trinajstić information content (AvgIpc) is 2.90. The van der Waals surface area contributed by atoms with Crippen LogP contribution in [-0.2, 0) is 9.59 Å². The van der Waals surface area contributed by atoms with E-state index in [1.165, 1.54) is 18.2 Å². The Morgan fingerprint density at radius 2 is 2.17 bits per heavy atom. The Balaban J connectivity index is 1.73. The van der Waals surface area contributed by atoms with E-state index in [4.69, 9.17) is 4.74 Å². The lowest BCUT2D eigenvalue weighted by molar-refractivity contribution is -0.384. The van der Waals surface area contributed by atoms with Crippen molar-refractivity contribution in [2.75, 3.05) is 18.5 Å². The summed E-state index contributed by atoms with van der Waals surface area (Å²) in [6.45, 7) is 3.50. The van der Waals surface area contributed by atoms with Gasteiger partial charge < -0.3 is 15.4 Å². The number of hydrogen-bond acceptors (Lipinski definition) is 6. The molecule has 3 rings (SSSR count). The van der Waals surface area contributed by atoms with Crippen molar-refractivity contribution in [3.05, 3.63) is 28.3 Å². The Morgan fingerprint density at radius 1 is 1.41 bits per heavy atom. The van der Waals surface area contributed by atoms with Gasteiger partial charge in [-0.05, 0) is 37.8 Å². The molecule has 0 bridgehead atoms. The van der Waals surface area contributed by atoms with Gasteiger partial charge in [0.15, 0.2) is 0 Å². The quantitative estimate of drug-likeness (QED) is 0.425. The highest BCUT2D eigenvalue weighted by Crippen LogP contribution is 2.38. The molecule has 2 aliphatic rings. The van der Waals surface area contributed by atoms with Gasteiger partial charge in [-0.15, -0.1) is 0 Å². The van der Waals surface area contributed by atoms with E-state index in [9.17, 15) is 24.5 Å². The minimum atomic E-state index is -0.958. The maximum Gasteiger partial charge on any atom is 0.325 e. The number of nitrogens with zero attached hydrogens (tertiary/aromatic N) is 2. The smallest absolute Gasteiger partial charge is 0.325 e. The summed E-state index contributed by atoms with van der Waals surface area (Å²) >= 11 is 0. The van der Waals surface area contributed by atoms with Crippen LogP contribution in [0.4, 0.5) is 16.2 Å². The number of imide groups is 1. The topological polar surface area (TPSA) is 131 Å². The number of urea groups is 1. The molecule has 156 valence electrons. The van der Waals surface area contributed by atoms with Crippen molar-refractivity contribution in [1.29, 1.82) is 0 Å².